The molecule has 28 heavy (non-hydrogen) atoms. The molecule has 1 N–H and O–H groups in total. The normalized spacial score (nSPS) is 17.0. The summed E-state index contributed by atoms with van der Waals surface area (Å²) >= 11 is 0. The van der Waals surface area contributed by atoms with E-state index in [9.17, 15) is 9.90 Å². The Labute approximate surface area is 168 Å². The number of likely N-dealkylation sites (tertiary alicyclic amines) is 1. The minimum Gasteiger partial charge on any atom is -0.481 e. The lowest BCUT2D eigenvalue weighted by Crippen LogP contribution is -2.34. The van der Waals surface area contributed by atoms with Crippen LogP contribution in [0, 0.1) is 18.8 Å². The van der Waals surface area contributed by atoms with Gasteiger partial charge in [-0.25, -0.2) is 4.98 Å². The summed E-state index contributed by atoms with van der Waals surface area (Å²) in [6, 6.07) is 6.31. The van der Waals surface area contributed by atoms with Gasteiger partial charge in [0.05, 0.1) is 12.5 Å². The molecule has 2 aromatic rings. The maximum Gasteiger partial charge on any atom is 0.306 e. The van der Waals surface area contributed by atoms with Gasteiger partial charge >= 0.3 is 5.97 Å². The third kappa shape index (κ3) is 5.22. The highest BCUT2D eigenvalue weighted by molar-refractivity contribution is 5.69. The van der Waals surface area contributed by atoms with Crippen LogP contribution < -0.4 is 0 Å². The number of hydrogen-bond acceptors (Lipinski definition) is 3. The van der Waals surface area contributed by atoms with E-state index in [-0.39, 0.29) is 5.92 Å². The number of aromatic nitrogens is 2. The summed E-state index contributed by atoms with van der Waals surface area (Å²) in [4.78, 5) is 18.3. The van der Waals surface area contributed by atoms with Crippen molar-refractivity contribution in [1.29, 1.82) is 0 Å². The van der Waals surface area contributed by atoms with Crippen molar-refractivity contribution in [3.05, 3.63) is 53.1 Å². The molecule has 0 radical (unpaired) electrons. The maximum atomic E-state index is 11.2. The molecule has 0 saturated carbocycles. The number of carbonyl (C=O) groups is 1. The van der Waals surface area contributed by atoms with Crippen molar-refractivity contribution in [3.8, 4) is 0 Å². The summed E-state index contributed by atoms with van der Waals surface area (Å²) in [5.74, 6) is 0.879. The van der Waals surface area contributed by atoms with Gasteiger partial charge in [-0.1, -0.05) is 38.5 Å². The Kier molecular flexibility index (Phi) is 6.89. The summed E-state index contributed by atoms with van der Waals surface area (Å²) in [5.41, 5.74) is 3.55. The van der Waals surface area contributed by atoms with Crippen molar-refractivity contribution < 1.29 is 9.90 Å². The van der Waals surface area contributed by atoms with Crippen molar-refractivity contribution in [2.45, 2.75) is 59.5 Å². The van der Waals surface area contributed by atoms with Crippen LogP contribution in [0.3, 0.4) is 0 Å². The number of benzene rings is 1. The smallest absolute Gasteiger partial charge is 0.306 e. The molecule has 5 heteroatoms. The number of piperidine rings is 1. The van der Waals surface area contributed by atoms with Crippen LogP contribution >= 0.6 is 0 Å². The van der Waals surface area contributed by atoms with Crippen LogP contribution in [-0.4, -0.2) is 38.6 Å². The number of hydrogen-bond donors (Lipinski definition) is 1. The fourth-order valence-electron chi connectivity index (χ4n) is 4.03. The van der Waals surface area contributed by atoms with Crippen LogP contribution in [0.4, 0.5) is 0 Å². The van der Waals surface area contributed by atoms with E-state index in [0.717, 1.165) is 43.5 Å². The molecule has 1 unspecified atom stereocenters. The van der Waals surface area contributed by atoms with Crippen molar-refractivity contribution >= 4 is 5.97 Å². The summed E-state index contributed by atoms with van der Waals surface area (Å²) in [7, 11) is 0. The summed E-state index contributed by atoms with van der Waals surface area (Å²) in [6.45, 7) is 10.2. The van der Waals surface area contributed by atoms with Crippen LogP contribution in [0.5, 0.6) is 0 Å². The molecule has 0 bridgehead atoms. The number of aliphatic carboxylic acids is 1. The summed E-state index contributed by atoms with van der Waals surface area (Å²) in [5, 5.41) is 9.18. The molecule has 0 amide bonds. The molecule has 152 valence electrons. The molecule has 1 fully saturated rings. The first-order valence-electron chi connectivity index (χ1n) is 10.5. The van der Waals surface area contributed by atoms with Crippen molar-refractivity contribution in [1.82, 2.24) is 14.5 Å². The first-order chi connectivity index (χ1) is 13.5. The zero-order valence-electron chi connectivity index (χ0n) is 17.4. The fraction of sp³-hybridized carbons (Fsp3) is 0.565. The van der Waals surface area contributed by atoms with E-state index in [1.807, 2.05) is 12.3 Å². The Morgan fingerprint density at radius 3 is 2.71 bits per heavy atom. The van der Waals surface area contributed by atoms with Gasteiger partial charge < -0.3 is 9.67 Å². The first kappa shape index (κ1) is 20.6. The van der Waals surface area contributed by atoms with Gasteiger partial charge in [-0.05, 0) is 61.9 Å². The number of imidazole rings is 1. The van der Waals surface area contributed by atoms with Gasteiger partial charge in [-0.2, -0.15) is 0 Å². The zero-order chi connectivity index (χ0) is 20.1. The second kappa shape index (κ2) is 9.37. The Hall–Kier alpha value is -2.14. The number of carboxylic acids is 1. The first-order valence-corrected chi connectivity index (χ1v) is 10.5. The minimum atomic E-state index is -0.745. The molecule has 0 aliphatic carbocycles. The van der Waals surface area contributed by atoms with Gasteiger partial charge in [0.2, 0.25) is 0 Å². The standard InChI is InChI=1S/C23H33N3O2/c1-4-19-7-10-25(11-8-19)16-22-24-9-12-26(22)15-21-14-20(6-5-17(21)2)13-18(3)23(27)28/h5-6,9,12,14,18-19H,4,7-8,10-11,13,15-16H2,1-3H3,(H,27,28). The van der Waals surface area contributed by atoms with Crippen LogP contribution in [0.1, 0.15) is 55.6 Å². The average molecular weight is 384 g/mol. The van der Waals surface area contributed by atoms with E-state index in [2.05, 4.69) is 46.6 Å². The largest absolute Gasteiger partial charge is 0.481 e. The van der Waals surface area contributed by atoms with E-state index in [4.69, 9.17) is 0 Å². The van der Waals surface area contributed by atoms with Gasteiger partial charge in [-0.3, -0.25) is 9.69 Å². The lowest BCUT2D eigenvalue weighted by Gasteiger charge is -2.31. The van der Waals surface area contributed by atoms with Crippen LogP contribution in [0.15, 0.2) is 30.6 Å². The lowest BCUT2D eigenvalue weighted by molar-refractivity contribution is -0.141. The third-order valence-corrected chi connectivity index (χ3v) is 6.17. The number of rotatable bonds is 8. The van der Waals surface area contributed by atoms with E-state index in [1.165, 1.54) is 30.4 Å². The second-order valence-electron chi connectivity index (χ2n) is 8.30. The van der Waals surface area contributed by atoms with Crippen LogP contribution in [-0.2, 0) is 24.3 Å². The Morgan fingerprint density at radius 2 is 2.04 bits per heavy atom. The fourth-order valence-corrected chi connectivity index (χ4v) is 4.03. The van der Waals surface area contributed by atoms with Gasteiger partial charge in [-0.15, -0.1) is 0 Å². The quantitative estimate of drug-likeness (QED) is 0.745. The molecule has 3 rings (SSSR count). The van der Waals surface area contributed by atoms with Crippen LogP contribution in [0.25, 0.3) is 0 Å². The third-order valence-electron chi connectivity index (χ3n) is 6.17. The highest BCUT2D eigenvalue weighted by Crippen LogP contribution is 2.22. The molecule has 5 nitrogen and oxygen atoms in total. The number of nitrogens with zero attached hydrogens (tertiary/aromatic N) is 3. The van der Waals surface area contributed by atoms with Crippen molar-refractivity contribution in [3.63, 3.8) is 0 Å². The van der Waals surface area contributed by atoms with E-state index in [0.29, 0.717) is 6.42 Å². The topological polar surface area (TPSA) is 58.4 Å². The van der Waals surface area contributed by atoms with Crippen molar-refractivity contribution in [2.75, 3.05) is 13.1 Å². The number of aryl methyl sites for hydroxylation is 1. The molecule has 0 spiro atoms. The molecule has 1 atom stereocenters. The van der Waals surface area contributed by atoms with Crippen molar-refractivity contribution in [2.24, 2.45) is 11.8 Å². The van der Waals surface area contributed by atoms with E-state index < -0.39 is 5.97 Å². The molecule has 1 aromatic carbocycles. The Morgan fingerprint density at radius 1 is 1.29 bits per heavy atom. The highest BCUT2D eigenvalue weighted by atomic mass is 16.4. The van der Waals surface area contributed by atoms with Gasteiger partial charge in [0, 0.05) is 18.9 Å². The van der Waals surface area contributed by atoms with Gasteiger partial charge in [0.1, 0.15) is 5.82 Å². The molecular weight excluding hydrogens is 350 g/mol. The molecule has 1 saturated heterocycles. The molecule has 1 aliphatic heterocycles. The van der Waals surface area contributed by atoms with E-state index in [1.54, 1.807) is 6.92 Å². The Balaban J connectivity index is 1.68. The maximum absolute atomic E-state index is 11.2. The molecule has 1 aromatic heterocycles. The van der Waals surface area contributed by atoms with E-state index >= 15 is 0 Å². The predicted octanol–water partition coefficient (Wildman–Crippen LogP) is 4.13. The van der Waals surface area contributed by atoms with Gasteiger partial charge in [0.25, 0.3) is 0 Å². The Bertz CT molecular complexity index is 791. The monoisotopic (exact) mass is 383 g/mol. The highest BCUT2D eigenvalue weighted by Gasteiger charge is 2.19. The number of carboxylic acid groups (broad SMARTS) is 1. The average Bonchev–Trinajstić information content (AvgIpc) is 3.11. The molecule has 1 aliphatic rings. The lowest BCUT2D eigenvalue weighted by atomic mass is 9.94. The molecular formula is C23H33N3O2. The van der Waals surface area contributed by atoms with Crippen LogP contribution in [0.2, 0.25) is 0 Å². The second-order valence-corrected chi connectivity index (χ2v) is 8.30. The minimum absolute atomic E-state index is 0.370. The summed E-state index contributed by atoms with van der Waals surface area (Å²) < 4.78 is 2.23. The predicted molar refractivity (Wildman–Crippen MR) is 111 cm³/mol. The molecule has 2 heterocycles. The SMILES string of the molecule is CCC1CCN(Cc2nccn2Cc2cc(CC(C)C(=O)O)ccc2C)CC1. The zero-order valence-corrected chi connectivity index (χ0v) is 17.4. The van der Waals surface area contributed by atoms with Gasteiger partial charge in [0.15, 0.2) is 0 Å². The summed E-state index contributed by atoms with van der Waals surface area (Å²) in [6.07, 6.45) is 8.38.